The van der Waals surface area contributed by atoms with E-state index in [1.165, 1.54) is 5.56 Å². The summed E-state index contributed by atoms with van der Waals surface area (Å²) in [6.07, 6.45) is 2.08. The quantitative estimate of drug-likeness (QED) is 0.738. The predicted octanol–water partition coefficient (Wildman–Crippen LogP) is 5.00. The van der Waals surface area contributed by atoms with Crippen molar-refractivity contribution in [2.75, 3.05) is 6.26 Å². The van der Waals surface area contributed by atoms with Crippen LogP contribution in [0.15, 0.2) is 48.5 Å². The SMILES string of the molecule is CSC(C)c1ccc(C(=O)c2ccc(Cl)cc2)cc1. The van der Waals surface area contributed by atoms with Gasteiger partial charge < -0.3 is 0 Å². The maximum absolute atomic E-state index is 12.3. The zero-order valence-electron chi connectivity index (χ0n) is 10.9. The Bertz CT molecular complexity index is 560. The Morgan fingerprint density at radius 3 is 1.95 bits per heavy atom. The van der Waals surface area contributed by atoms with Gasteiger partial charge >= 0.3 is 0 Å². The van der Waals surface area contributed by atoms with Crippen molar-refractivity contribution in [3.63, 3.8) is 0 Å². The van der Waals surface area contributed by atoms with Gasteiger partial charge in [-0.25, -0.2) is 0 Å². The molecule has 0 amide bonds. The molecular weight excluding hydrogens is 276 g/mol. The molecule has 1 atom stereocenters. The predicted molar refractivity (Wildman–Crippen MR) is 83.3 cm³/mol. The van der Waals surface area contributed by atoms with E-state index in [1.807, 2.05) is 24.3 Å². The number of carbonyl (C=O) groups is 1. The lowest BCUT2D eigenvalue weighted by molar-refractivity contribution is 0.103. The van der Waals surface area contributed by atoms with Gasteiger partial charge in [-0.05, 0) is 43.0 Å². The summed E-state index contributed by atoms with van der Waals surface area (Å²) in [7, 11) is 0. The van der Waals surface area contributed by atoms with Gasteiger partial charge in [0.05, 0.1) is 0 Å². The van der Waals surface area contributed by atoms with Crippen molar-refractivity contribution < 1.29 is 4.79 Å². The summed E-state index contributed by atoms with van der Waals surface area (Å²) in [5, 5.41) is 1.08. The third-order valence-corrected chi connectivity index (χ3v) is 4.33. The monoisotopic (exact) mass is 290 g/mol. The van der Waals surface area contributed by atoms with E-state index in [-0.39, 0.29) is 5.78 Å². The van der Waals surface area contributed by atoms with Gasteiger partial charge in [0.2, 0.25) is 0 Å². The molecule has 0 N–H and O–H groups in total. The molecule has 0 fully saturated rings. The highest BCUT2D eigenvalue weighted by atomic mass is 35.5. The first-order valence-electron chi connectivity index (χ1n) is 6.05. The van der Waals surface area contributed by atoms with Gasteiger partial charge in [0.15, 0.2) is 5.78 Å². The van der Waals surface area contributed by atoms with Crippen LogP contribution < -0.4 is 0 Å². The molecule has 0 aliphatic carbocycles. The van der Waals surface area contributed by atoms with E-state index in [4.69, 9.17) is 11.6 Å². The number of hydrogen-bond acceptors (Lipinski definition) is 2. The van der Waals surface area contributed by atoms with Crippen LogP contribution in [0.3, 0.4) is 0 Å². The minimum absolute atomic E-state index is 0.0278. The molecule has 2 aromatic carbocycles. The summed E-state index contributed by atoms with van der Waals surface area (Å²) >= 11 is 7.61. The first kappa shape index (κ1) is 14.2. The first-order valence-corrected chi connectivity index (χ1v) is 7.71. The van der Waals surface area contributed by atoms with Crippen LogP contribution in [-0.2, 0) is 0 Å². The summed E-state index contributed by atoms with van der Waals surface area (Å²) in [6, 6.07) is 14.8. The van der Waals surface area contributed by atoms with Crippen LogP contribution >= 0.6 is 23.4 Å². The summed E-state index contributed by atoms with van der Waals surface area (Å²) in [4.78, 5) is 12.3. The largest absolute Gasteiger partial charge is 0.289 e. The second-order valence-electron chi connectivity index (χ2n) is 4.34. The van der Waals surface area contributed by atoms with Crippen LogP contribution in [0.5, 0.6) is 0 Å². The number of benzene rings is 2. The van der Waals surface area contributed by atoms with Gasteiger partial charge in [-0.2, -0.15) is 11.8 Å². The number of ketones is 1. The number of carbonyl (C=O) groups excluding carboxylic acids is 1. The van der Waals surface area contributed by atoms with E-state index in [0.717, 1.165) is 0 Å². The molecule has 0 saturated heterocycles. The molecular formula is C16H15ClOS. The molecule has 3 heteroatoms. The molecule has 1 unspecified atom stereocenters. The summed E-state index contributed by atoms with van der Waals surface area (Å²) in [5.74, 6) is 0.0278. The molecule has 0 radical (unpaired) electrons. The Morgan fingerprint density at radius 1 is 1.00 bits per heavy atom. The Labute approximate surface area is 123 Å². The first-order chi connectivity index (χ1) is 9.11. The number of hydrogen-bond donors (Lipinski definition) is 0. The third kappa shape index (κ3) is 3.40. The number of thioether (sulfide) groups is 1. The van der Waals surface area contributed by atoms with Crippen LogP contribution in [0.1, 0.15) is 33.7 Å². The Kier molecular flexibility index (Phi) is 4.67. The Hall–Kier alpha value is -1.25. The Balaban J connectivity index is 2.22. The van der Waals surface area contributed by atoms with Gasteiger partial charge in [-0.3, -0.25) is 4.79 Å². The maximum Gasteiger partial charge on any atom is 0.193 e. The van der Waals surface area contributed by atoms with Crippen LogP contribution in [0.4, 0.5) is 0 Å². The molecule has 0 aromatic heterocycles. The fourth-order valence-corrected chi connectivity index (χ4v) is 2.36. The fourth-order valence-electron chi connectivity index (χ4n) is 1.81. The second kappa shape index (κ2) is 6.27. The van der Waals surface area contributed by atoms with Crippen LogP contribution in [0.2, 0.25) is 5.02 Å². The molecule has 0 spiro atoms. The lowest BCUT2D eigenvalue weighted by Crippen LogP contribution is -2.01. The van der Waals surface area contributed by atoms with E-state index in [1.54, 1.807) is 36.0 Å². The van der Waals surface area contributed by atoms with Crippen LogP contribution in [0.25, 0.3) is 0 Å². The standard InChI is InChI=1S/C16H15ClOS/c1-11(19-2)12-3-5-13(6-4-12)16(18)14-7-9-15(17)10-8-14/h3-11H,1-2H3. The second-order valence-corrected chi connectivity index (χ2v) is 5.95. The van der Waals surface area contributed by atoms with E-state index >= 15 is 0 Å². The molecule has 0 heterocycles. The highest BCUT2D eigenvalue weighted by molar-refractivity contribution is 7.98. The number of rotatable bonds is 4. The molecule has 0 saturated carbocycles. The normalized spacial score (nSPS) is 12.2. The zero-order chi connectivity index (χ0) is 13.8. The highest BCUT2D eigenvalue weighted by Gasteiger charge is 2.10. The average molecular weight is 291 g/mol. The third-order valence-electron chi connectivity index (χ3n) is 3.10. The molecule has 98 valence electrons. The lowest BCUT2D eigenvalue weighted by atomic mass is 10.0. The van der Waals surface area contributed by atoms with Gasteiger partial charge in [0.1, 0.15) is 0 Å². The van der Waals surface area contributed by atoms with Crippen molar-refractivity contribution in [3.05, 3.63) is 70.2 Å². The maximum atomic E-state index is 12.3. The molecule has 0 aliphatic heterocycles. The molecule has 0 aliphatic rings. The summed E-state index contributed by atoms with van der Waals surface area (Å²) in [6.45, 7) is 2.15. The molecule has 0 bridgehead atoms. The van der Waals surface area contributed by atoms with Gasteiger partial charge in [-0.1, -0.05) is 35.9 Å². The average Bonchev–Trinajstić information content (AvgIpc) is 2.46. The van der Waals surface area contributed by atoms with Crippen molar-refractivity contribution in [2.24, 2.45) is 0 Å². The van der Waals surface area contributed by atoms with Crippen molar-refractivity contribution in [1.29, 1.82) is 0 Å². The van der Waals surface area contributed by atoms with E-state index < -0.39 is 0 Å². The smallest absolute Gasteiger partial charge is 0.193 e. The summed E-state index contributed by atoms with van der Waals surface area (Å²) in [5.41, 5.74) is 2.61. The molecule has 2 rings (SSSR count). The van der Waals surface area contributed by atoms with E-state index in [2.05, 4.69) is 13.2 Å². The fraction of sp³-hybridized carbons (Fsp3) is 0.188. The van der Waals surface area contributed by atoms with Gasteiger partial charge in [-0.15, -0.1) is 0 Å². The number of halogens is 1. The van der Waals surface area contributed by atoms with E-state index in [0.29, 0.717) is 21.4 Å². The highest BCUT2D eigenvalue weighted by Crippen LogP contribution is 2.26. The van der Waals surface area contributed by atoms with Gasteiger partial charge in [0.25, 0.3) is 0 Å². The van der Waals surface area contributed by atoms with Crippen molar-refractivity contribution in [3.8, 4) is 0 Å². The van der Waals surface area contributed by atoms with Crippen LogP contribution in [0, 0.1) is 0 Å². The van der Waals surface area contributed by atoms with Crippen LogP contribution in [-0.4, -0.2) is 12.0 Å². The molecule has 1 nitrogen and oxygen atoms in total. The summed E-state index contributed by atoms with van der Waals surface area (Å²) < 4.78 is 0. The lowest BCUT2D eigenvalue weighted by Gasteiger charge is -2.09. The van der Waals surface area contributed by atoms with Crippen molar-refractivity contribution in [1.82, 2.24) is 0 Å². The topological polar surface area (TPSA) is 17.1 Å². The zero-order valence-corrected chi connectivity index (χ0v) is 12.5. The molecule has 19 heavy (non-hydrogen) atoms. The van der Waals surface area contributed by atoms with Gasteiger partial charge in [0, 0.05) is 21.4 Å². The van der Waals surface area contributed by atoms with E-state index in [9.17, 15) is 4.79 Å². The molecule has 2 aromatic rings. The Morgan fingerprint density at radius 2 is 1.47 bits per heavy atom. The minimum atomic E-state index is 0.0278. The van der Waals surface area contributed by atoms with Crippen molar-refractivity contribution in [2.45, 2.75) is 12.2 Å². The minimum Gasteiger partial charge on any atom is -0.289 e. The van der Waals surface area contributed by atoms with Crippen molar-refractivity contribution >= 4 is 29.1 Å².